The van der Waals surface area contributed by atoms with E-state index in [1.165, 1.54) is 6.07 Å². The van der Waals surface area contributed by atoms with Crippen LogP contribution in [0.25, 0.3) is 0 Å². The van der Waals surface area contributed by atoms with Crippen LogP contribution in [0.3, 0.4) is 0 Å². The molecule has 0 heterocycles. The summed E-state index contributed by atoms with van der Waals surface area (Å²) < 4.78 is 0. The third kappa shape index (κ3) is 1.97. The molecule has 0 aliphatic carbocycles. The molecule has 0 spiro atoms. The van der Waals surface area contributed by atoms with Crippen LogP contribution in [0.5, 0.6) is 0 Å². The molecular formula is C9H6Cl3O2-. The zero-order valence-corrected chi connectivity index (χ0v) is 9.50. The van der Waals surface area contributed by atoms with Crippen molar-refractivity contribution in [2.45, 2.75) is 13.3 Å². The second-order valence-corrected chi connectivity index (χ2v) is 3.82. The molecule has 0 amide bonds. The lowest BCUT2D eigenvalue weighted by molar-refractivity contribution is -0.255. The molecule has 0 unspecified atom stereocenters. The molecule has 0 N–H and O–H groups in total. The summed E-state index contributed by atoms with van der Waals surface area (Å²) in [4.78, 5) is 10.6. The number of halogens is 3. The largest absolute Gasteiger partial charge is 0.545 e. The molecule has 0 aliphatic rings. The molecule has 0 saturated heterocycles. The number of carboxylic acids is 1. The van der Waals surface area contributed by atoms with Gasteiger partial charge in [0.05, 0.1) is 16.0 Å². The van der Waals surface area contributed by atoms with Gasteiger partial charge in [-0.05, 0) is 18.1 Å². The van der Waals surface area contributed by atoms with Crippen molar-refractivity contribution < 1.29 is 9.90 Å². The van der Waals surface area contributed by atoms with Gasteiger partial charge in [-0.25, -0.2) is 0 Å². The normalized spacial score (nSPS) is 10.3. The SMILES string of the molecule is CCc1c(Cl)cc(C(=O)[O-])c(Cl)c1Cl. The van der Waals surface area contributed by atoms with Gasteiger partial charge in [-0.15, -0.1) is 0 Å². The highest BCUT2D eigenvalue weighted by molar-refractivity contribution is 6.45. The Morgan fingerprint density at radius 2 is 1.93 bits per heavy atom. The Morgan fingerprint density at radius 3 is 2.36 bits per heavy atom. The number of carboxylic acid groups (broad SMARTS) is 1. The van der Waals surface area contributed by atoms with E-state index in [9.17, 15) is 9.90 Å². The maximum Gasteiger partial charge on any atom is 0.0731 e. The van der Waals surface area contributed by atoms with Crippen molar-refractivity contribution in [3.8, 4) is 0 Å². The van der Waals surface area contributed by atoms with Crippen LogP contribution in [-0.4, -0.2) is 5.97 Å². The first-order valence-corrected chi connectivity index (χ1v) is 5.00. The molecule has 14 heavy (non-hydrogen) atoms. The van der Waals surface area contributed by atoms with Crippen molar-refractivity contribution in [3.05, 3.63) is 32.3 Å². The highest BCUT2D eigenvalue weighted by Crippen LogP contribution is 2.34. The summed E-state index contributed by atoms with van der Waals surface area (Å²) in [7, 11) is 0. The topological polar surface area (TPSA) is 40.1 Å². The Bertz CT molecular complexity index is 388. The van der Waals surface area contributed by atoms with E-state index in [0.717, 1.165) is 0 Å². The monoisotopic (exact) mass is 251 g/mol. The van der Waals surface area contributed by atoms with Gasteiger partial charge in [0.2, 0.25) is 0 Å². The lowest BCUT2D eigenvalue weighted by Gasteiger charge is -2.11. The highest BCUT2D eigenvalue weighted by Gasteiger charge is 2.13. The Hall–Kier alpha value is -0.440. The molecular weight excluding hydrogens is 246 g/mol. The molecule has 1 rings (SSSR count). The predicted molar refractivity (Wildman–Crippen MR) is 55.2 cm³/mol. The van der Waals surface area contributed by atoms with E-state index in [1.54, 1.807) is 0 Å². The van der Waals surface area contributed by atoms with Crippen molar-refractivity contribution in [1.29, 1.82) is 0 Å². The fraction of sp³-hybridized carbons (Fsp3) is 0.222. The molecule has 76 valence electrons. The molecule has 0 fully saturated rings. The minimum absolute atomic E-state index is 0.0204. The van der Waals surface area contributed by atoms with Gasteiger partial charge in [0.25, 0.3) is 0 Å². The number of hydrogen-bond acceptors (Lipinski definition) is 2. The van der Waals surface area contributed by atoms with Gasteiger partial charge in [-0.3, -0.25) is 0 Å². The van der Waals surface area contributed by atoms with Gasteiger partial charge in [-0.2, -0.15) is 0 Å². The summed E-state index contributed by atoms with van der Waals surface area (Å²) in [6.45, 7) is 1.85. The molecule has 0 aromatic heterocycles. The maximum atomic E-state index is 10.6. The first kappa shape index (κ1) is 11.6. The van der Waals surface area contributed by atoms with E-state index in [2.05, 4.69) is 0 Å². The molecule has 0 atom stereocenters. The molecule has 0 bridgehead atoms. The maximum absolute atomic E-state index is 10.6. The van der Waals surface area contributed by atoms with Gasteiger partial charge in [0, 0.05) is 10.6 Å². The van der Waals surface area contributed by atoms with Gasteiger partial charge >= 0.3 is 0 Å². The lowest BCUT2D eigenvalue weighted by atomic mass is 10.1. The van der Waals surface area contributed by atoms with Crippen molar-refractivity contribution in [3.63, 3.8) is 0 Å². The van der Waals surface area contributed by atoms with E-state index >= 15 is 0 Å². The number of rotatable bonds is 2. The summed E-state index contributed by atoms with van der Waals surface area (Å²) >= 11 is 17.4. The molecule has 1 aromatic carbocycles. The van der Waals surface area contributed by atoms with Gasteiger partial charge in [0.1, 0.15) is 0 Å². The predicted octanol–water partition coefficient (Wildman–Crippen LogP) is 2.57. The third-order valence-corrected chi connectivity index (χ3v) is 3.07. The summed E-state index contributed by atoms with van der Waals surface area (Å²) in [6.07, 6.45) is 0.588. The van der Waals surface area contributed by atoms with Gasteiger partial charge < -0.3 is 9.90 Å². The minimum atomic E-state index is -1.39. The quantitative estimate of drug-likeness (QED) is 0.759. The zero-order valence-electron chi connectivity index (χ0n) is 7.23. The van der Waals surface area contributed by atoms with Crippen LogP contribution in [0.15, 0.2) is 6.07 Å². The van der Waals surface area contributed by atoms with E-state index in [4.69, 9.17) is 34.8 Å². The standard InChI is InChI=1S/C9H7Cl3O2/c1-2-4-6(10)3-5(9(13)14)8(12)7(4)11/h3H,2H2,1H3,(H,13,14)/p-1. The van der Waals surface area contributed by atoms with Crippen LogP contribution < -0.4 is 5.11 Å². The van der Waals surface area contributed by atoms with Crippen LogP contribution >= 0.6 is 34.8 Å². The van der Waals surface area contributed by atoms with E-state index in [1.807, 2.05) is 6.92 Å². The van der Waals surface area contributed by atoms with Crippen LogP contribution in [0, 0.1) is 0 Å². The first-order valence-electron chi connectivity index (χ1n) is 3.86. The molecule has 1 aromatic rings. The van der Waals surface area contributed by atoms with Gasteiger partial charge in [0.15, 0.2) is 0 Å². The highest BCUT2D eigenvalue weighted by atomic mass is 35.5. The second-order valence-electron chi connectivity index (χ2n) is 2.65. The number of carbonyl (C=O) groups is 1. The smallest absolute Gasteiger partial charge is 0.0731 e. The number of carbonyl (C=O) groups excluding carboxylic acids is 1. The van der Waals surface area contributed by atoms with Crippen molar-refractivity contribution in [1.82, 2.24) is 0 Å². The fourth-order valence-corrected chi connectivity index (χ4v) is 2.07. The minimum Gasteiger partial charge on any atom is -0.545 e. The van der Waals surface area contributed by atoms with Crippen molar-refractivity contribution in [2.24, 2.45) is 0 Å². The zero-order chi connectivity index (χ0) is 10.9. The fourth-order valence-electron chi connectivity index (χ4n) is 1.11. The van der Waals surface area contributed by atoms with E-state index in [-0.39, 0.29) is 15.6 Å². The first-order chi connectivity index (χ1) is 6.49. The summed E-state index contributed by atoms with van der Waals surface area (Å²) in [5, 5.41) is 11.1. The van der Waals surface area contributed by atoms with Crippen LogP contribution in [0.4, 0.5) is 0 Å². The summed E-state index contributed by atoms with van der Waals surface area (Å²) in [6, 6.07) is 1.25. The summed E-state index contributed by atoms with van der Waals surface area (Å²) in [5.41, 5.74) is 0.460. The van der Waals surface area contributed by atoms with Crippen molar-refractivity contribution in [2.75, 3.05) is 0 Å². The number of benzene rings is 1. The summed E-state index contributed by atoms with van der Waals surface area (Å²) in [5.74, 6) is -1.39. The Morgan fingerprint density at radius 1 is 1.36 bits per heavy atom. The van der Waals surface area contributed by atoms with Crippen LogP contribution in [0.2, 0.25) is 15.1 Å². The molecule has 5 heteroatoms. The molecule has 0 aliphatic heterocycles. The molecule has 2 nitrogen and oxygen atoms in total. The lowest BCUT2D eigenvalue weighted by Crippen LogP contribution is -2.22. The average Bonchev–Trinajstić information content (AvgIpc) is 2.12. The van der Waals surface area contributed by atoms with Crippen LogP contribution in [0.1, 0.15) is 22.8 Å². The number of aromatic carboxylic acids is 1. The van der Waals surface area contributed by atoms with Crippen molar-refractivity contribution >= 4 is 40.8 Å². The molecule has 0 saturated carbocycles. The third-order valence-electron chi connectivity index (χ3n) is 1.83. The van der Waals surface area contributed by atoms with Gasteiger partial charge in [-0.1, -0.05) is 41.7 Å². The Labute approximate surface area is 96.4 Å². The molecule has 0 radical (unpaired) electrons. The Kier molecular flexibility index (Phi) is 3.65. The number of hydrogen-bond donors (Lipinski definition) is 0. The van der Waals surface area contributed by atoms with Crippen LogP contribution in [-0.2, 0) is 6.42 Å². The Balaban J connectivity index is 3.47. The second kappa shape index (κ2) is 4.39. The van der Waals surface area contributed by atoms with E-state index < -0.39 is 5.97 Å². The van der Waals surface area contributed by atoms with E-state index in [0.29, 0.717) is 17.0 Å². The average molecular weight is 253 g/mol.